The maximum Gasteiger partial charge on any atom is 0.0316 e. The predicted molar refractivity (Wildman–Crippen MR) is 306 cm³/mol. The Bertz CT molecular complexity index is 1810. The predicted octanol–water partition coefficient (Wildman–Crippen LogP) is 21.0. The molecule has 2 heteroatoms. The molecule has 0 aromatic heterocycles. The molecule has 5 rings (SSSR count). The summed E-state index contributed by atoms with van der Waals surface area (Å²) in [6, 6.07) is 33.6. The van der Waals surface area contributed by atoms with Crippen LogP contribution in [-0.2, 0) is 5.41 Å². The zero-order chi connectivity index (χ0) is 48.9. The Kier molecular flexibility index (Phi) is 26.5. The van der Waals surface area contributed by atoms with Gasteiger partial charge in [-0.2, -0.15) is 0 Å². The summed E-state index contributed by atoms with van der Waals surface area (Å²) in [5.74, 6) is 1.64. The number of unbranched alkanes of at least 4 members (excludes halogenated alkanes) is 24. The van der Waals surface area contributed by atoms with Crippen molar-refractivity contribution in [2.45, 2.75) is 270 Å². The molecule has 2 unspecified atom stereocenters. The van der Waals surface area contributed by atoms with Gasteiger partial charge in [-0.05, 0) is 127 Å². The fourth-order valence-corrected chi connectivity index (χ4v) is 12.5. The van der Waals surface area contributed by atoms with Crippen molar-refractivity contribution in [1.82, 2.24) is 0 Å². The van der Waals surface area contributed by atoms with Crippen molar-refractivity contribution in [3.63, 3.8) is 0 Å². The highest BCUT2D eigenvalue weighted by Gasteiger charge is 2.38. The Morgan fingerprint density at radius 3 is 1.06 bits per heavy atom. The summed E-state index contributed by atoms with van der Waals surface area (Å²) < 4.78 is 0. The van der Waals surface area contributed by atoms with Crippen molar-refractivity contribution in [2.24, 2.45) is 5.92 Å². The summed E-state index contributed by atoms with van der Waals surface area (Å²) in [5.41, 5.74) is 26.0. The van der Waals surface area contributed by atoms with Gasteiger partial charge in [-0.25, -0.2) is 0 Å². The number of rotatable bonds is 36. The van der Waals surface area contributed by atoms with Gasteiger partial charge in [0.05, 0.1) is 0 Å². The lowest BCUT2D eigenvalue weighted by molar-refractivity contribution is 0.250. The average molecular weight is 938 g/mol. The van der Waals surface area contributed by atoms with Gasteiger partial charge in [0.15, 0.2) is 0 Å². The first-order chi connectivity index (χ1) is 33.8. The molecule has 382 valence electrons. The largest absolute Gasteiger partial charge is 0.399 e. The van der Waals surface area contributed by atoms with Gasteiger partial charge in [-0.15, -0.1) is 0 Å². The van der Waals surface area contributed by atoms with Gasteiger partial charge in [-0.3, -0.25) is 0 Å². The summed E-state index contributed by atoms with van der Waals surface area (Å²) in [6.07, 6.45) is 46.2. The van der Waals surface area contributed by atoms with E-state index in [0.717, 1.165) is 17.3 Å². The number of benzene rings is 4. The molecule has 2 nitrogen and oxygen atoms in total. The summed E-state index contributed by atoms with van der Waals surface area (Å²) in [6.45, 7) is 11.5. The molecule has 1 fully saturated rings. The van der Waals surface area contributed by atoms with E-state index in [1.54, 1.807) is 0 Å². The van der Waals surface area contributed by atoms with E-state index in [0.29, 0.717) is 11.8 Å². The molecule has 2 atom stereocenters. The molecular formula is C67H104N2. The fraction of sp³-hybridized carbons (Fsp3) is 0.642. The monoisotopic (exact) mass is 937 g/mol. The Labute approximate surface area is 426 Å². The van der Waals surface area contributed by atoms with Crippen LogP contribution in [0.2, 0.25) is 0 Å². The lowest BCUT2D eigenvalue weighted by atomic mass is 9.62. The van der Waals surface area contributed by atoms with E-state index >= 15 is 0 Å². The molecule has 4 aromatic carbocycles. The normalized spacial score (nSPS) is 17.0. The number of nitrogens with two attached hydrogens (primary N) is 2. The van der Waals surface area contributed by atoms with Crippen LogP contribution in [0.4, 0.5) is 11.4 Å². The molecule has 0 spiro atoms. The van der Waals surface area contributed by atoms with E-state index in [2.05, 4.69) is 120 Å². The van der Waals surface area contributed by atoms with Crippen molar-refractivity contribution in [2.75, 3.05) is 11.5 Å². The molecule has 1 aliphatic rings. The number of aryl methyl sites for hydroxylation is 2. The Morgan fingerprint density at radius 2 is 0.725 bits per heavy atom. The number of nitrogen functional groups attached to an aromatic ring is 2. The SMILES string of the molecule is CCCCCCCCCCCCC(c1ccc(C2(c3ccc(C(CCCCCCCCCCCC)c4ccc(N)cc4C)cc3)CCC(CCCCCCCCC)CC2)cc1)c1ccc(N)cc1C. The molecule has 4 aromatic rings. The number of hydrogen-bond acceptors (Lipinski definition) is 2. The van der Waals surface area contributed by atoms with Gasteiger partial charge in [0, 0.05) is 28.6 Å². The van der Waals surface area contributed by atoms with Crippen molar-refractivity contribution >= 4 is 11.4 Å². The second kappa shape index (κ2) is 32.5. The summed E-state index contributed by atoms with van der Waals surface area (Å²) >= 11 is 0. The van der Waals surface area contributed by atoms with E-state index in [1.807, 2.05) is 0 Å². The third-order valence-electron chi connectivity index (χ3n) is 16.9. The summed E-state index contributed by atoms with van der Waals surface area (Å²) in [4.78, 5) is 0. The Morgan fingerprint density at radius 1 is 0.406 bits per heavy atom. The molecule has 69 heavy (non-hydrogen) atoms. The highest BCUT2D eigenvalue weighted by molar-refractivity contribution is 5.51. The lowest BCUT2D eigenvalue weighted by Crippen LogP contribution is -2.33. The van der Waals surface area contributed by atoms with Crippen LogP contribution in [0.15, 0.2) is 84.9 Å². The zero-order valence-corrected chi connectivity index (χ0v) is 45.5. The number of anilines is 2. The van der Waals surface area contributed by atoms with Gasteiger partial charge >= 0.3 is 0 Å². The minimum absolute atomic E-state index is 0.0417. The van der Waals surface area contributed by atoms with E-state index < -0.39 is 0 Å². The van der Waals surface area contributed by atoms with Crippen molar-refractivity contribution in [3.05, 3.63) is 129 Å². The second-order valence-corrected chi connectivity index (χ2v) is 22.5. The molecule has 0 radical (unpaired) electrons. The second-order valence-electron chi connectivity index (χ2n) is 22.5. The van der Waals surface area contributed by atoms with Gasteiger partial charge in [0.25, 0.3) is 0 Å². The molecule has 1 saturated carbocycles. The molecule has 0 amide bonds. The topological polar surface area (TPSA) is 52.0 Å². The Balaban J connectivity index is 1.35. The standard InChI is InChI=1S/C67H104N2/c1-6-9-12-15-18-20-22-25-28-31-34-65(63-46-44-61(68)52-54(63)4)57-36-40-59(41-37-57)67(50-48-56(49-51-67)33-30-27-24-17-14-11-8-3)60-42-38-58(39-43-60)66(64-47-45-62(69)53-55(64)5)35-32-29-26-23-21-19-16-13-10-7-2/h36-47,52-53,56,65-66H,6-35,48-51,68-69H2,1-5H3. The molecule has 0 aliphatic heterocycles. The maximum atomic E-state index is 6.33. The van der Waals surface area contributed by atoms with Crippen molar-refractivity contribution in [3.8, 4) is 0 Å². The molecule has 0 bridgehead atoms. The van der Waals surface area contributed by atoms with Crippen LogP contribution in [0.5, 0.6) is 0 Å². The summed E-state index contributed by atoms with van der Waals surface area (Å²) in [7, 11) is 0. The van der Waals surface area contributed by atoms with Crippen LogP contribution >= 0.6 is 0 Å². The minimum atomic E-state index is 0.0417. The summed E-state index contributed by atoms with van der Waals surface area (Å²) in [5, 5.41) is 0. The molecule has 4 N–H and O–H groups in total. The van der Waals surface area contributed by atoms with Crippen LogP contribution in [0.3, 0.4) is 0 Å². The third kappa shape index (κ3) is 18.9. The van der Waals surface area contributed by atoms with Crippen LogP contribution < -0.4 is 11.5 Å². The molecular weight excluding hydrogens is 833 g/mol. The smallest absolute Gasteiger partial charge is 0.0316 e. The van der Waals surface area contributed by atoms with Crippen molar-refractivity contribution < 1.29 is 0 Å². The fourth-order valence-electron chi connectivity index (χ4n) is 12.5. The quantitative estimate of drug-likeness (QED) is 0.0353. The minimum Gasteiger partial charge on any atom is -0.399 e. The lowest BCUT2D eigenvalue weighted by Gasteiger charge is -2.42. The van der Waals surface area contributed by atoms with E-state index in [9.17, 15) is 0 Å². The van der Waals surface area contributed by atoms with Crippen LogP contribution in [-0.4, -0.2) is 0 Å². The van der Waals surface area contributed by atoms with E-state index in [1.165, 1.54) is 263 Å². The van der Waals surface area contributed by atoms with Crippen LogP contribution in [0.1, 0.15) is 295 Å². The number of hydrogen-bond donors (Lipinski definition) is 2. The Hall–Kier alpha value is -3.52. The highest BCUT2D eigenvalue weighted by atomic mass is 14.5. The first-order valence-corrected chi connectivity index (χ1v) is 29.7. The van der Waals surface area contributed by atoms with Crippen LogP contribution in [0, 0.1) is 19.8 Å². The van der Waals surface area contributed by atoms with E-state index in [-0.39, 0.29) is 5.41 Å². The molecule has 0 heterocycles. The maximum absolute atomic E-state index is 6.33. The molecule has 1 aliphatic carbocycles. The average Bonchev–Trinajstić information content (AvgIpc) is 3.36. The first-order valence-electron chi connectivity index (χ1n) is 29.7. The van der Waals surface area contributed by atoms with Crippen molar-refractivity contribution in [1.29, 1.82) is 0 Å². The third-order valence-corrected chi connectivity index (χ3v) is 16.9. The highest BCUT2D eigenvalue weighted by Crippen LogP contribution is 2.49. The van der Waals surface area contributed by atoms with Gasteiger partial charge < -0.3 is 11.5 Å². The zero-order valence-electron chi connectivity index (χ0n) is 45.5. The van der Waals surface area contributed by atoms with Gasteiger partial charge in [0.2, 0.25) is 0 Å². The van der Waals surface area contributed by atoms with Gasteiger partial charge in [0.1, 0.15) is 0 Å². The molecule has 0 saturated heterocycles. The van der Waals surface area contributed by atoms with E-state index in [4.69, 9.17) is 11.5 Å². The van der Waals surface area contributed by atoms with Gasteiger partial charge in [-0.1, -0.05) is 261 Å². The van der Waals surface area contributed by atoms with Crippen LogP contribution in [0.25, 0.3) is 0 Å². The first kappa shape index (κ1) is 56.4.